The Labute approximate surface area is 94.6 Å². The van der Waals surface area contributed by atoms with Gasteiger partial charge < -0.3 is 5.11 Å². The van der Waals surface area contributed by atoms with Gasteiger partial charge in [0, 0.05) is 0 Å². The van der Waals surface area contributed by atoms with E-state index in [9.17, 15) is 0 Å². The van der Waals surface area contributed by atoms with Crippen LogP contribution in [0, 0.1) is 0 Å². The highest BCUT2D eigenvalue weighted by atomic mass is 16.3. The highest BCUT2D eigenvalue weighted by Crippen LogP contribution is 2.34. The second-order valence-electron chi connectivity index (χ2n) is 4.84. The van der Waals surface area contributed by atoms with E-state index in [4.69, 9.17) is 1.43 Å². The Morgan fingerprint density at radius 3 is 2.67 bits per heavy atom. The summed E-state index contributed by atoms with van der Waals surface area (Å²) < 4.78 is 7.08. The molecule has 1 N–H and O–H groups in total. The summed E-state index contributed by atoms with van der Waals surface area (Å²) in [5.74, 6) is 0.684. The van der Waals surface area contributed by atoms with Crippen molar-refractivity contribution in [1.82, 2.24) is 0 Å². The maximum Gasteiger partial charge on any atom is 0.293 e. The lowest BCUT2D eigenvalue weighted by Crippen LogP contribution is -2.17. The highest BCUT2D eigenvalue weighted by molar-refractivity contribution is 5.37. The molecule has 84 valence electrons. The van der Waals surface area contributed by atoms with Crippen LogP contribution >= 0.6 is 0 Å². The van der Waals surface area contributed by atoms with Crippen molar-refractivity contribution in [3.63, 3.8) is 0 Å². The van der Waals surface area contributed by atoms with Crippen molar-refractivity contribution >= 4 is 0 Å². The summed E-state index contributed by atoms with van der Waals surface area (Å²) in [5, 5.41) is 4.69. The molecule has 1 nitrogen and oxygen atoms in total. The van der Waals surface area contributed by atoms with E-state index in [1.165, 1.54) is 19.3 Å². The Bertz CT molecular complexity index is 320. The molecule has 1 heteroatoms. The molecule has 0 saturated heterocycles. The molecular weight excluding hydrogens is 184 g/mol. The van der Waals surface area contributed by atoms with Gasteiger partial charge in [-0.25, -0.2) is 0 Å². The van der Waals surface area contributed by atoms with Crippen LogP contribution in [0.4, 0.5) is 0 Å². The molecule has 0 unspecified atom stereocenters. The van der Waals surface area contributed by atoms with Gasteiger partial charge in [-0.15, -0.1) is 0 Å². The third-order valence-corrected chi connectivity index (χ3v) is 3.02. The largest absolute Gasteiger partial charge is 0.508 e. The van der Waals surface area contributed by atoms with Gasteiger partial charge in [-0.05, 0) is 23.5 Å². The maximum atomic E-state index is 7.08. The van der Waals surface area contributed by atoms with Crippen molar-refractivity contribution in [3.05, 3.63) is 29.8 Å². The number of hydrogen-bond acceptors (Lipinski definition) is 1. The van der Waals surface area contributed by atoms with Crippen LogP contribution in [0.5, 0.6) is 5.75 Å². The van der Waals surface area contributed by atoms with E-state index >= 15 is 0 Å². The van der Waals surface area contributed by atoms with Gasteiger partial charge in [0.2, 0.25) is 0 Å². The molecule has 0 saturated carbocycles. The third-order valence-electron chi connectivity index (χ3n) is 3.02. The van der Waals surface area contributed by atoms with E-state index in [1.54, 1.807) is 0 Å². The Morgan fingerprint density at radius 1 is 1.27 bits per heavy atom. The Balaban J connectivity index is 2.79. The van der Waals surface area contributed by atoms with E-state index in [2.05, 4.69) is 31.9 Å². The van der Waals surface area contributed by atoms with Gasteiger partial charge in [-0.1, -0.05) is 58.2 Å². The number of phenols is 1. The molecule has 0 amide bonds. The predicted molar refractivity (Wildman–Crippen MR) is 65.3 cm³/mol. The molecule has 1 aromatic carbocycles. The van der Waals surface area contributed by atoms with Crippen LogP contribution in [0.1, 0.15) is 52.0 Å². The van der Waals surface area contributed by atoms with Gasteiger partial charge in [-0.2, -0.15) is 0 Å². The van der Waals surface area contributed by atoms with E-state index in [0.717, 1.165) is 12.0 Å². The summed E-state index contributed by atoms with van der Waals surface area (Å²) in [6.07, 6.45) is 4.89. The lowest BCUT2D eigenvalue weighted by molar-refractivity contribution is 0.408. The first kappa shape index (κ1) is 10.5. The summed E-state index contributed by atoms with van der Waals surface area (Å²) >= 11 is 0. The molecule has 0 aliphatic rings. The van der Waals surface area contributed by atoms with Crippen LogP contribution in [0.3, 0.4) is 0 Å². The highest BCUT2D eigenvalue weighted by Gasteiger charge is 2.22. The minimum absolute atomic E-state index is 0.0901. The van der Waals surface area contributed by atoms with Gasteiger partial charge in [0.05, 0.1) is 0 Å². The zero-order valence-corrected chi connectivity index (χ0v) is 10.0. The minimum atomic E-state index is 0.0901. The Kier molecular flexibility index (Phi) is 3.65. The SMILES string of the molecule is [3H]Oc1ccccc1C(C)(C)CCCCC. The van der Waals surface area contributed by atoms with Crippen LogP contribution in [0.25, 0.3) is 0 Å². The molecule has 0 radical (unpaired) electrons. The first-order valence-electron chi connectivity index (χ1n) is 6.25. The van der Waals surface area contributed by atoms with Gasteiger partial charge >= 0.3 is 0 Å². The quantitative estimate of drug-likeness (QED) is 0.693. The molecule has 0 fully saturated rings. The van der Waals surface area contributed by atoms with Crippen molar-refractivity contribution in [2.24, 2.45) is 0 Å². The first-order valence-corrected chi connectivity index (χ1v) is 5.84. The maximum absolute atomic E-state index is 7.08. The van der Waals surface area contributed by atoms with E-state index < -0.39 is 0 Å². The number of phenolic OH excluding ortho intramolecular Hbond substituents is 1. The number of benzene rings is 1. The second kappa shape index (κ2) is 5.20. The molecule has 15 heavy (non-hydrogen) atoms. The second-order valence-corrected chi connectivity index (χ2v) is 4.84. The van der Waals surface area contributed by atoms with Crippen LogP contribution < -0.4 is 0 Å². The van der Waals surface area contributed by atoms with E-state index in [-0.39, 0.29) is 5.41 Å². The molecular formula is C14H22O. The Morgan fingerprint density at radius 2 is 2.00 bits per heavy atom. The smallest absolute Gasteiger partial charge is 0.293 e. The molecule has 0 aromatic heterocycles. The van der Waals surface area contributed by atoms with Crippen LogP contribution in [-0.2, 0) is 5.41 Å². The standard InChI is InChI=1S/C14H22O/c1-4-5-8-11-14(2,3)12-9-6-7-10-13(12)15/h6-7,9-10,15H,4-5,8,11H2,1-3H3/i/hT. The molecule has 0 bridgehead atoms. The number of aromatic hydroxyl groups is 1. The van der Waals surface area contributed by atoms with Crippen LogP contribution in [0.2, 0.25) is 0 Å². The molecule has 0 atom stereocenters. The summed E-state index contributed by atoms with van der Waals surface area (Å²) in [4.78, 5) is 0. The minimum Gasteiger partial charge on any atom is -0.508 e. The Hall–Kier alpha value is -0.980. The zero-order chi connectivity index (χ0) is 12.0. The molecule has 0 aliphatic carbocycles. The summed E-state index contributed by atoms with van der Waals surface area (Å²) in [6.45, 7) is 6.66. The summed E-state index contributed by atoms with van der Waals surface area (Å²) in [6, 6.07) is 7.86. The van der Waals surface area contributed by atoms with Crippen LogP contribution in [0.15, 0.2) is 24.3 Å². The fourth-order valence-electron chi connectivity index (χ4n) is 1.98. The van der Waals surface area contributed by atoms with Crippen molar-refractivity contribution in [2.75, 3.05) is 0 Å². The van der Waals surface area contributed by atoms with Crippen molar-refractivity contribution in [3.8, 4) is 5.75 Å². The number of hydrogen-bond donors (Lipinski definition) is 1. The lowest BCUT2D eigenvalue weighted by Gasteiger charge is -2.26. The van der Waals surface area contributed by atoms with E-state index in [1.807, 2.05) is 18.2 Å². The predicted octanol–water partition coefficient (Wildman–Crippen LogP) is 4.25. The monoisotopic (exact) mass is 208 g/mol. The van der Waals surface area contributed by atoms with E-state index in [0.29, 0.717) is 5.75 Å². The van der Waals surface area contributed by atoms with Crippen molar-refractivity contribution < 1.29 is 5.11 Å². The molecule has 0 heterocycles. The fraction of sp³-hybridized carbons (Fsp3) is 0.571. The van der Waals surface area contributed by atoms with Crippen molar-refractivity contribution in [2.45, 2.75) is 51.9 Å². The fourth-order valence-corrected chi connectivity index (χ4v) is 1.98. The van der Waals surface area contributed by atoms with Crippen LogP contribution in [-0.4, -0.2) is 6.54 Å². The molecule has 1 aromatic rings. The van der Waals surface area contributed by atoms with Gasteiger partial charge in [-0.3, -0.25) is 0 Å². The average molecular weight is 208 g/mol. The number of para-hydroxylation sites is 1. The summed E-state index contributed by atoms with van der Waals surface area (Å²) in [5.41, 5.74) is 1.23. The molecule has 0 aliphatic heterocycles. The number of rotatable bonds is 6. The average Bonchev–Trinajstić information content (AvgIpc) is 2.29. The molecule has 1 rings (SSSR count). The summed E-state index contributed by atoms with van der Waals surface area (Å²) in [7, 11) is 0. The first-order chi connectivity index (χ1) is 7.61. The normalized spacial score (nSPS) is 12.3. The van der Waals surface area contributed by atoms with Gasteiger partial charge in [0.1, 0.15) is 5.75 Å². The molecule has 0 spiro atoms. The number of unbranched alkanes of at least 4 members (excludes halogenated alkanes) is 2. The van der Waals surface area contributed by atoms with Crippen molar-refractivity contribution in [1.29, 1.82) is 1.43 Å². The lowest BCUT2D eigenvalue weighted by atomic mass is 9.79. The van der Waals surface area contributed by atoms with Gasteiger partial charge in [0.15, 0.2) is 0 Å². The third kappa shape index (κ3) is 3.26. The zero-order valence-electron chi connectivity index (χ0n) is 11.0. The van der Waals surface area contributed by atoms with Gasteiger partial charge in [0.25, 0.3) is 1.43 Å². The topological polar surface area (TPSA) is 20.2 Å².